The Kier molecular flexibility index (Phi) is 4.89. The van der Waals surface area contributed by atoms with Crippen LogP contribution in [0.5, 0.6) is 0 Å². The summed E-state index contributed by atoms with van der Waals surface area (Å²) in [6.45, 7) is 6.31. The molecule has 0 bridgehead atoms. The average Bonchev–Trinajstić information content (AvgIpc) is 3.02. The van der Waals surface area contributed by atoms with Crippen LogP contribution in [0.1, 0.15) is 31.1 Å². The van der Waals surface area contributed by atoms with Crippen LogP contribution < -0.4 is 10.2 Å². The summed E-state index contributed by atoms with van der Waals surface area (Å²) in [7, 11) is -4.67. The Hall–Kier alpha value is -2.21. The van der Waals surface area contributed by atoms with Gasteiger partial charge in [0.15, 0.2) is 0 Å². The van der Waals surface area contributed by atoms with E-state index in [0.717, 1.165) is 0 Å². The Labute approximate surface area is 156 Å². The molecule has 1 aromatic heterocycles. The lowest BCUT2D eigenvalue weighted by atomic mass is 10.0. The quantitative estimate of drug-likeness (QED) is 0.733. The minimum absolute atomic E-state index is 0.0231. The van der Waals surface area contributed by atoms with E-state index >= 15 is 0 Å². The molecule has 1 fully saturated rings. The molecule has 10 nitrogen and oxygen atoms in total. The van der Waals surface area contributed by atoms with Crippen LogP contribution in [0.2, 0.25) is 0 Å². The fourth-order valence-corrected chi connectivity index (χ4v) is 3.72. The fourth-order valence-electron chi connectivity index (χ4n) is 2.94. The van der Waals surface area contributed by atoms with E-state index in [1.807, 2.05) is 0 Å². The number of carbonyl (C=O) groups is 2. The Morgan fingerprint density at radius 1 is 1.33 bits per heavy atom. The molecule has 0 spiro atoms. The first-order valence-electron chi connectivity index (χ1n) is 8.50. The van der Waals surface area contributed by atoms with Gasteiger partial charge in [-0.2, -0.15) is 17.8 Å². The standard InChI is InChI=1S/C15H22FN5O5S/c1-15(2,3)26-14(23)20-4-5-21-13(20)11(7-18-21)12(22)17-6-10-8-19(9-10)27(16,24)25/h7,10H,4-6,8-9H2,1-3H3,(H,17,22). The number of hydrogen-bond donors (Lipinski definition) is 1. The SMILES string of the molecule is CC(C)(C)OC(=O)N1CCn2ncc(C(=O)NCC3CN(S(=O)(=O)F)C3)c21. The molecule has 0 aliphatic carbocycles. The van der Waals surface area contributed by atoms with Crippen molar-refractivity contribution < 1.29 is 26.6 Å². The number of halogens is 1. The molecule has 1 aromatic rings. The largest absolute Gasteiger partial charge is 0.443 e. The van der Waals surface area contributed by atoms with Crippen molar-refractivity contribution >= 4 is 28.2 Å². The molecule has 3 rings (SSSR count). The number of hydrogen-bond acceptors (Lipinski definition) is 6. The molecule has 1 N–H and O–H groups in total. The smallest absolute Gasteiger partial charge is 0.416 e. The lowest BCUT2D eigenvalue weighted by Crippen LogP contribution is -2.52. The normalized spacial score (nSPS) is 18.1. The maximum Gasteiger partial charge on any atom is 0.416 e. The summed E-state index contributed by atoms with van der Waals surface area (Å²) in [6.07, 6.45) is 0.818. The van der Waals surface area contributed by atoms with E-state index in [1.165, 1.54) is 11.1 Å². The summed E-state index contributed by atoms with van der Waals surface area (Å²) < 4.78 is 41.8. The van der Waals surface area contributed by atoms with Crippen molar-refractivity contribution in [2.45, 2.75) is 32.9 Å². The van der Waals surface area contributed by atoms with Gasteiger partial charge in [-0.05, 0) is 20.8 Å². The zero-order chi connectivity index (χ0) is 20.0. The van der Waals surface area contributed by atoms with Crippen molar-refractivity contribution in [1.29, 1.82) is 0 Å². The predicted molar refractivity (Wildman–Crippen MR) is 93.2 cm³/mol. The summed E-state index contributed by atoms with van der Waals surface area (Å²) in [4.78, 5) is 26.2. The third-order valence-corrected chi connectivity index (χ3v) is 5.16. The first kappa shape index (κ1) is 19.5. The monoisotopic (exact) mass is 403 g/mol. The molecule has 0 radical (unpaired) electrons. The van der Waals surface area contributed by atoms with Crippen LogP contribution in [-0.4, -0.2) is 66.3 Å². The number of ether oxygens (including phenoxy) is 1. The van der Waals surface area contributed by atoms with Crippen molar-refractivity contribution in [1.82, 2.24) is 19.4 Å². The molecule has 2 aliphatic heterocycles. The van der Waals surface area contributed by atoms with Gasteiger partial charge in [-0.25, -0.2) is 9.48 Å². The van der Waals surface area contributed by atoms with E-state index in [-0.39, 0.29) is 31.1 Å². The molecule has 0 saturated carbocycles. The third kappa shape index (κ3) is 4.21. The van der Waals surface area contributed by atoms with Gasteiger partial charge in [0.05, 0.1) is 19.3 Å². The highest BCUT2D eigenvalue weighted by molar-refractivity contribution is 7.84. The number of fused-ring (bicyclic) bond motifs is 1. The van der Waals surface area contributed by atoms with E-state index in [0.29, 0.717) is 23.2 Å². The van der Waals surface area contributed by atoms with Gasteiger partial charge in [-0.3, -0.25) is 9.69 Å². The van der Waals surface area contributed by atoms with Crippen molar-refractivity contribution in [3.8, 4) is 0 Å². The van der Waals surface area contributed by atoms with E-state index < -0.39 is 28.0 Å². The lowest BCUT2D eigenvalue weighted by Gasteiger charge is -2.35. The topological polar surface area (TPSA) is 114 Å². The zero-order valence-corrected chi connectivity index (χ0v) is 16.1. The van der Waals surface area contributed by atoms with Crippen LogP contribution in [0, 0.1) is 5.92 Å². The number of aromatic nitrogens is 2. The predicted octanol–water partition coefficient (Wildman–Crippen LogP) is 0.514. The molecule has 12 heteroatoms. The second-order valence-corrected chi connectivity index (χ2v) is 8.91. The number of amides is 2. The van der Waals surface area contributed by atoms with Gasteiger partial charge in [0.25, 0.3) is 5.91 Å². The summed E-state index contributed by atoms with van der Waals surface area (Å²) in [5.41, 5.74) is -0.438. The number of carbonyl (C=O) groups excluding carboxylic acids is 2. The van der Waals surface area contributed by atoms with Gasteiger partial charge in [0, 0.05) is 25.6 Å². The van der Waals surface area contributed by atoms with Crippen LogP contribution >= 0.6 is 0 Å². The summed E-state index contributed by atoms with van der Waals surface area (Å²) in [5, 5.41) is 6.80. The van der Waals surface area contributed by atoms with Crippen molar-refractivity contribution in [3.63, 3.8) is 0 Å². The highest BCUT2D eigenvalue weighted by Crippen LogP contribution is 2.28. The van der Waals surface area contributed by atoms with Gasteiger partial charge in [0.1, 0.15) is 17.0 Å². The Morgan fingerprint density at radius 2 is 2.00 bits per heavy atom. The van der Waals surface area contributed by atoms with Gasteiger partial charge in [0.2, 0.25) is 0 Å². The van der Waals surface area contributed by atoms with Crippen LogP contribution in [0.3, 0.4) is 0 Å². The van der Waals surface area contributed by atoms with Crippen molar-refractivity contribution in [2.24, 2.45) is 5.92 Å². The first-order valence-corrected chi connectivity index (χ1v) is 9.84. The maximum atomic E-state index is 12.8. The molecule has 1 saturated heterocycles. The zero-order valence-electron chi connectivity index (χ0n) is 15.3. The number of rotatable bonds is 4. The molecule has 0 unspecified atom stereocenters. The Morgan fingerprint density at radius 3 is 2.59 bits per heavy atom. The van der Waals surface area contributed by atoms with Crippen LogP contribution in [0.4, 0.5) is 14.5 Å². The first-order chi connectivity index (χ1) is 12.5. The average molecular weight is 403 g/mol. The molecule has 0 atom stereocenters. The van der Waals surface area contributed by atoms with Gasteiger partial charge >= 0.3 is 16.5 Å². The van der Waals surface area contributed by atoms with Gasteiger partial charge in [-0.15, -0.1) is 0 Å². The molecule has 2 aliphatic rings. The second kappa shape index (κ2) is 6.75. The Bertz CT molecular complexity index is 856. The van der Waals surface area contributed by atoms with Gasteiger partial charge < -0.3 is 10.1 Å². The molecule has 2 amide bonds. The van der Waals surface area contributed by atoms with E-state index in [4.69, 9.17) is 4.74 Å². The summed E-state index contributed by atoms with van der Waals surface area (Å²) in [5.74, 6) is -0.235. The Balaban J connectivity index is 1.62. The molecular weight excluding hydrogens is 381 g/mol. The molecule has 150 valence electrons. The van der Waals surface area contributed by atoms with Crippen molar-refractivity contribution in [3.05, 3.63) is 11.8 Å². The highest BCUT2D eigenvalue weighted by Gasteiger charge is 2.37. The molecule has 27 heavy (non-hydrogen) atoms. The lowest BCUT2D eigenvalue weighted by molar-refractivity contribution is 0.0584. The van der Waals surface area contributed by atoms with Crippen LogP contribution in [0.15, 0.2) is 6.20 Å². The summed E-state index contributed by atoms with van der Waals surface area (Å²) in [6, 6.07) is 0. The van der Waals surface area contributed by atoms with E-state index in [9.17, 15) is 21.9 Å². The van der Waals surface area contributed by atoms with Crippen LogP contribution in [0.25, 0.3) is 0 Å². The maximum absolute atomic E-state index is 12.8. The van der Waals surface area contributed by atoms with E-state index in [2.05, 4.69) is 10.4 Å². The van der Waals surface area contributed by atoms with E-state index in [1.54, 1.807) is 25.5 Å². The number of anilines is 1. The minimum atomic E-state index is -4.67. The second-order valence-electron chi connectivity index (χ2n) is 7.57. The number of nitrogens with zero attached hydrogens (tertiary/aromatic N) is 4. The third-order valence-electron chi connectivity index (χ3n) is 4.24. The molecule has 0 aromatic carbocycles. The molecule has 3 heterocycles. The van der Waals surface area contributed by atoms with Gasteiger partial charge in [-0.1, -0.05) is 3.89 Å². The summed E-state index contributed by atoms with van der Waals surface area (Å²) >= 11 is 0. The minimum Gasteiger partial charge on any atom is -0.443 e. The fraction of sp³-hybridized carbons (Fsp3) is 0.667. The van der Waals surface area contributed by atoms with Crippen LogP contribution in [-0.2, 0) is 21.7 Å². The number of nitrogens with one attached hydrogen (secondary N) is 1. The highest BCUT2D eigenvalue weighted by atomic mass is 32.3. The molecular formula is C15H22FN5O5S. The van der Waals surface area contributed by atoms with Crippen molar-refractivity contribution in [2.75, 3.05) is 31.1 Å².